The minimum atomic E-state index is -0.346. The number of carbonyl (C=O) groups is 2. The van der Waals surface area contributed by atoms with Gasteiger partial charge in [-0.15, -0.1) is 0 Å². The molecule has 1 aromatic carbocycles. The van der Waals surface area contributed by atoms with E-state index in [-0.39, 0.29) is 24.1 Å². The van der Waals surface area contributed by atoms with E-state index < -0.39 is 0 Å². The van der Waals surface area contributed by atoms with Crippen molar-refractivity contribution in [3.8, 4) is 0 Å². The van der Waals surface area contributed by atoms with Gasteiger partial charge >= 0.3 is 0 Å². The zero-order valence-corrected chi connectivity index (χ0v) is 12.0. The molecule has 0 spiro atoms. The lowest BCUT2D eigenvalue weighted by Crippen LogP contribution is -2.38. The van der Waals surface area contributed by atoms with Gasteiger partial charge in [0, 0.05) is 26.6 Å². The summed E-state index contributed by atoms with van der Waals surface area (Å²) in [6, 6.07) is 5.98. The molecular formula is C15H21FN2O2. The van der Waals surface area contributed by atoms with E-state index in [0.717, 1.165) is 6.42 Å². The maximum absolute atomic E-state index is 13.0. The van der Waals surface area contributed by atoms with Gasteiger partial charge < -0.3 is 10.2 Å². The molecule has 4 nitrogen and oxygen atoms in total. The Morgan fingerprint density at radius 3 is 2.65 bits per heavy atom. The van der Waals surface area contributed by atoms with Crippen molar-refractivity contribution >= 4 is 11.8 Å². The highest BCUT2D eigenvalue weighted by molar-refractivity contribution is 5.78. The monoisotopic (exact) mass is 280 g/mol. The summed E-state index contributed by atoms with van der Waals surface area (Å²) in [5.41, 5.74) is 0.638. The number of hydrogen-bond donors (Lipinski definition) is 1. The molecule has 1 rings (SSSR count). The van der Waals surface area contributed by atoms with Crippen LogP contribution < -0.4 is 5.32 Å². The highest BCUT2D eigenvalue weighted by atomic mass is 19.1. The number of halogens is 1. The van der Waals surface area contributed by atoms with Crippen LogP contribution in [-0.2, 0) is 16.0 Å². The first-order valence-electron chi connectivity index (χ1n) is 6.79. The Labute approximate surface area is 119 Å². The molecule has 0 saturated heterocycles. The summed E-state index contributed by atoms with van der Waals surface area (Å²) in [7, 11) is 0. The lowest BCUT2D eigenvalue weighted by molar-refractivity contribution is -0.129. The van der Waals surface area contributed by atoms with Gasteiger partial charge in [0.15, 0.2) is 0 Å². The average Bonchev–Trinajstić information content (AvgIpc) is 2.37. The summed E-state index contributed by atoms with van der Waals surface area (Å²) >= 11 is 0. The molecule has 0 aliphatic carbocycles. The minimum Gasteiger partial charge on any atom is -0.354 e. The Bertz CT molecular complexity index is 463. The minimum absolute atomic E-state index is 0.00577. The Kier molecular flexibility index (Phi) is 6.70. The Morgan fingerprint density at radius 1 is 1.30 bits per heavy atom. The number of benzene rings is 1. The topological polar surface area (TPSA) is 49.4 Å². The third-order valence-corrected chi connectivity index (χ3v) is 2.90. The Morgan fingerprint density at radius 2 is 2.05 bits per heavy atom. The third-order valence-electron chi connectivity index (χ3n) is 2.90. The van der Waals surface area contributed by atoms with Crippen LogP contribution in [0.2, 0.25) is 0 Å². The van der Waals surface area contributed by atoms with Gasteiger partial charge in [-0.1, -0.05) is 19.1 Å². The first-order valence-corrected chi connectivity index (χ1v) is 6.79. The van der Waals surface area contributed by atoms with Crippen LogP contribution in [0.4, 0.5) is 4.39 Å². The molecular weight excluding hydrogens is 259 g/mol. The number of rotatable bonds is 7. The van der Waals surface area contributed by atoms with Crippen molar-refractivity contribution in [3.63, 3.8) is 0 Å². The molecule has 2 amide bonds. The lowest BCUT2D eigenvalue weighted by Gasteiger charge is -2.20. The zero-order chi connectivity index (χ0) is 15.0. The van der Waals surface area contributed by atoms with Crippen molar-refractivity contribution in [2.45, 2.75) is 26.7 Å². The molecule has 0 bridgehead atoms. The van der Waals surface area contributed by atoms with Crippen LogP contribution in [0, 0.1) is 5.82 Å². The smallest absolute Gasteiger partial charge is 0.224 e. The summed E-state index contributed by atoms with van der Waals surface area (Å²) in [5.74, 6) is -0.511. The van der Waals surface area contributed by atoms with Crippen LogP contribution in [0.15, 0.2) is 24.3 Å². The normalized spacial score (nSPS) is 10.2. The molecule has 0 aromatic heterocycles. The van der Waals surface area contributed by atoms with Crippen molar-refractivity contribution in [2.24, 2.45) is 0 Å². The van der Waals surface area contributed by atoms with Gasteiger partial charge in [0.05, 0.1) is 6.42 Å². The molecule has 110 valence electrons. The predicted molar refractivity (Wildman–Crippen MR) is 75.7 cm³/mol. The van der Waals surface area contributed by atoms with Crippen molar-refractivity contribution in [2.75, 3.05) is 19.6 Å². The van der Waals surface area contributed by atoms with Gasteiger partial charge in [0.2, 0.25) is 11.8 Å². The van der Waals surface area contributed by atoms with E-state index in [2.05, 4.69) is 5.32 Å². The molecule has 0 saturated carbocycles. The van der Waals surface area contributed by atoms with Crippen molar-refractivity contribution in [1.82, 2.24) is 10.2 Å². The molecule has 0 heterocycles. The van der Waals surface area contributed by atoms with Crippen molar-refractivity contribution in [3.05, 3.63) is 35.6 Å². The number of nitrogens with one attached hydrogen (secondary N) is 1. The van der Waals surface area contributed by atoms with E-state index >= 15 is 0 Å². The SMILES string of the molecule is CCCN(CCNC(=O)Cc1cccc(F)c1)C(C)=O. The third kappa shape index (κ3) is 5.82. The average molecular weight is 280 g/mol. The quantitative estimate of drug-likeness (QED) is 0.827. The molecule has 20 heavy (non-hydrogen) atoms. The molecule has 0 fully saturated rings. The molecule has 0 aliphatic heterocycles. The van der Waals surface area contributed by atoms with Crippen LogP contribution >= 0.6 is 0 Å². The van der Waals surface area contributed by atoms with E-state index in [9.17, 15) is 14.0 Å². The second kappa shape index (κ2) is 8.30. The van der Waals surface area contributed by atoms with Gasteiger partial charge in [0.1, 0.15) is 5.82 Å². The first-order chi connectivity index (χ1) is 9.52. The molecule has 0 radical (unpaired) electrons. The van der Waals surface area contributed by atoms with Crippen LogP contribution in [0.3, 0.4) is 0 Å². The van der Waals surface area contributed by atoms with Crippen LogP contribution in [0.25, 0.3) is 0 Å². The summed E-state index contributed by atoms with van der Waals surface area (Å²) < 4.78 is 13.0. The summed E-state index contributed by atoms with van der Waals surface area (Å²) in [6.45, 7) is 5.11. The summed E-state index contributed by atoms with van der Waals surface area (Å²) in [4.78, 5) is 24.7. The van der Waals surface area contributed by atoms with Gasteiger partial charge in [0.25, 0.3) is 0 Å². The Balaban J connectivity index is 2.34. The Hall–Kier alpha value is -1.91. The van der Waals surface area contributed by atoms with Crippen molar-refractivity contribution in [1.29, 1.82) is 0 Å². The number of amides is 2. The fraction of sp³-hybridized carbons (Fsp3) is 0.467. The fourth-order valence-corrected chi connectivity index (χ4v) is 1.92. The number of hydrogen-bond acceptors (Lipinski definition) is 2. The standard InChI is InChI=1S/C15H21FN2O2/c1-3-8-18(12(2)19)9-7-17-15(20)11-13-5-4-6-14(16)10-13/h4-6,10H,3,7-9,11H2,1-2H3,(H,17,20). The second-order valence-corrected chi connectivity index (χ2v) is 4.66. The highest BCUT2D eigenvalue weighted by Crippen LogP contribution is 2.04. The maximum Gasteiger partial charge on any atom is 0.224 e. The van der Waals surface area contributed by atoms with Gasteiger partial charge in [-0.2, -0.15) is 0 Å². The van der Waals surface area contributed by atoms with E-state index in [4.69, 9.17) is 0 Å². The van der Waals surface area contributed by atoms with E-state index in [1.807, 2.05) is 6.92 Å². The molecule has 5 heteroatoms. The van der Waals surface area contributed by atoms with Crippen LogP contribution in [-0.4, -0.2) is 36.3 Å². The van der Waals surface area contributed by atoms with Crippen molar-refractivity contribution < 1.29 is 14.0 Å². The molecule has 1 N–H and O–H groups in total. The lowest BCUT2D eigenvalue weighted by atomic mass is 10.1. The second-order valence-electron chi connectivity index (χ2n) is 4.66. The maximum atomic E-state index is 13.0. The fourth-order valence-electron chi connectivity index (χ4n) is 1.92. The van der Waals surface area contributed by atoms with Crippen LogP contribution in [0.1, 0.15) is 25.8 Å². The summed E-state index contributed by atoms with van der Waals surface area (Å²) in [6.07, 6.45) is 1.03. The molecule has 1 aromatic rings. The van der Waals surface area contributed by atoms with E-state index in [1.54, 1.807) is 17.0 Å². The van der Waals surface area contributed by atoms with Gasteiger partial charge in [-0.25, -0.2) is 4.39 Å². The molecule has 0 atom stereocenters. The largest absolute Gasteiger partial charge is 0.354 e. The first kappa shape index (κ1) is 16.1. The van der Waals surface area contributed by atoms with Gasteiger partial charge in [-0.3, -0.25) is 9.59 Å². The van der Waals surface area contributed by atoms with Crippen LogP contribution in [0.5, 0.6) is 0 Å². The summed E-state index contributed by atoms with van der Waals surface area (Å²) in [5, 5.41) is 2.74. The highest BCUT2D eigenvalue weighted by Gasteiger charge is 2.08. The zero-order valence-electron chi connectivity index (χ0n) is 12.0. The van der Waals surface area contributed by atoms with Gasteiger partial charge in [-0.05, 0) is 24.1 Å². The van der Waals surface area contributed by atoms with E-state index in [0.29, 0.717) is 25.2 Å². The number of nitrogens with zero attached hydrogens (tertiary/aromatic N) is 1. The molecule has 0 aliphatic rings. The molecule has 0 unspecified atom stereocenters. The number of carbonyl (C=O) groups excluding carboxylic acids is 2. The predicted octanol–water partition coefficient (Wildman–Crippen LogP) is 1.74. The van der Waals surface area contributed by atoms with E-state index in [1.165, 1.54) is 19.1 Å².